The van der Waals surface area contributed by atoms with Gasteiger partial charge in [-0.25, -0.2) is 0 Å². The molecule has 1 fully saturated rings. The van der Waals surface area contributed by atoms with Gasteiger partial charge in [-0.05, 0) is 37.0 Å². The van der Waals surface area contributed by atoms with Crippen LogP contribution in [-0.2, 0) is 0 Å². The van der Waals surface area contributed by atoms with Crippen LogP contribution < -0.4 is 0 Å². The van der Waals surface area contributed by atoms with Gasteiger partial charge in [-0.2, -0.15) is 0 Å². The second kappa shape index (κ2) is 3.67. The second-order valence-electron chi connectivity index (χ2n) is 4.31. The Labute approximate surface area is 97.6 Å². The van der Waals surface area contributed by atoms with Crippen LogP contribution >= 0.6 is 15.9 Å². The number of rotatable bonds is 1. The van der Waals surface area contributed by atoms with Gasteiger partial charge in [0.1, 0.15) is 5.58 Å². The first-order chi connectivity index (χ1) is 7.34. The molecule has 2 heteroatoms. The lowest BCUT2D eigenvalue weighted by Gasteiger charge is -2.05. The van der Waals surface area contributed by atoms with E-state index in [0.29, 0.717) is 0 Å². The van der Waals surface area contributed by atoms with Crippen LogP contribution in [0.5, 0.6) is 0 Å². The zero-order valence-corrected chi connectivity index (χ0v) is 10.1. The third-order valence-electron chi connectivity index (χ3n) is 3.36. The van der Waals surface area contributed by atoms with E-state index in [-0.39, 0.29) is 0 Å². The lowest BCUT2D eigenvalue weighted by Crippen LogP contribution is -1.89. The molecule has 1 heterocycles. The number of furan rings is 1. The Morgan fingerprint density at radius 3 is 2.80 bits per heavy atom. The molecule has 2 aromatic rings. The summed E-state index contributed by atoms with van der Waals surface area (Å²) in [6.07, 6.45) is 7.34. The van der Waals surface area contributed by atoms with E-state index in [1.807, 2.05) is 12.3 Å². The van der Waals surface area contributed by atoms with Crippen LogP contribution in [0.3, 0.4) is 0 Å². The molecule has 0 unspecified atom stereocenters. The SMILES string of the molecule is Brc1ccc2c(C3CCCC3)coc2c1. The minimum atomic E-state index is 0.729. The van der Waals surface area contributed by atoms with E-state index in [1.165, 1.54) is 36.6 Å². The molecule has 3 rings (SSSR count). The quantitative estimate of drug-likeness (QED) is 0.718. The Kier molecular flexibility index (Phi) is 2.32. The fourth-order valence-corrected chi connectivity index (χ4v) is 2.92. The van der Waals surface area contributed by atoms with Crippen LogP contribution in [0.1, 0.15) is 37.2 Å². The first-order valence-electron chi connectivity index (χ1n) is 5.51. The normalized spacial score (nSPS) is 17.7. The highest BCUT2D eigenvalue weighted by Crippen LogP contribution is 2.38. The summed E-state index contributed by atoms with van der Waals surface area (Å²) in [5.74, 6) is 0.729. The van der Waals surface area contributed by atoms with Crippen LogP contribution in [0.2, 0.25) is 0 Å². The van der Waals surface area contributed by atoms with E-state index >= 15 is 0 Å². The fraction of sp³-hybridized carbons (Fsp3) is 0.385. The van der Waals surface area contributed by atoms with E-state index in [2.05, 4.69) is 28.1 Å². The third-order valence-corrected chi connectivity index (χ3v) is 3.86. The van der Waals surface area contributed by atoms with Gasteiger partial charge in [0.15, 0.2) is 0 Å². The lowest BCUT2D eigenvalue weighted by molar-refractivity contribution is 0.599. The summed E-state index contributed by atoms with van der Waals surface area (Å²) in [7, 11) is 0. The molecular formula is C13H13BrO. The summed E-state index contributed by atoms with van der Waals surface area (Å²) >= 11 is 3.47. The lowest BCUT2D eigenvalue weighted by atomic mass is 9.97. The van der Waals surface area contributed by atoms with Gasteiger partial charge in [0.2, 0.25) is 0 Å². The summed E-state index contributed by atoms with van der Waals surface area (Å²) < 4.78 is 6.70. The van der Waals surface area contributed by atoms with Crippen LogP contribution in [0.4, 0.5) is 0 Å². The van der Waals surface area contributed by atoms with Crippen molar-refractivity contribution in [3.05, 3.63) is 34.5 Å². The van der Waals surface area contributed by atoms with Gasteiger partial charge in [0.05, 0.1) is 6.26 Å². The molecular weight excluding hydrogens is 252 g/mol. The molecule has 0 radical (unpaired) electrons. The first kappa shape index (κ1) is 9.46. The summed E-state index contributed by atoms with van der Waals surface area (Å²) in [6, 6.07) is 6.31. The third kappa shape index (κ3) is 1.61. The summed E-state index contributed by atoms with van der Waals surface area (Å²) in [4.78, 5) is 0. The summed E-state index contributed by atoms with van der Waals surface area (Å²) in [6.45, 7) is 0. The van der Waals surface area contributed by atoms with Crippen molar-refractivity contribution in [2.75, 3.05) is 0 Å². The standard InChI is InChI=1S/C13H13BrO/c14-10-5-6-11-12(8-15-13(11)7-10)9-3-1-2-4-9/h5-9H,1-4H2. The maximum absolute atomic E-state index is 5.61. The number of halogens is 1. The van der Waals surface area contributed by atoms with Crippen molar-refractivity contribution in [3.8, 4) is 0 Å². The molecule has 0 bridgehead atoms. The molecule has 0 N–H and O–H groups in total. The average Bonchev–Trinajstić information content (AvgIpc) is 2.82. The maximum atomic E-state index is 5.61. The van der Waals surface area contributed by atoms with Crippen molar-refractivity contribution in [3.63, 3.8) is 0 Å². The van der Waals surface area contributed by atoms with Gasteiger partial charge in [0.25, 0.3) is 0 Å². The predicted molar refractivity (Wildman–Crippen MR) is 65.1 cm³/mol. The molecule has 0 amide bonds. The zero-order chi connectivity index (χ0) is 10.3. The molecule has 0 atom stereocenters. The van der Waals surface area contributed by atoms with Crippen molar-refractivity contribution in [1.29, 1.82) is 0 Å². The van der Waals surface area contributed by atoms with Crippen molar-refractivity contribution in [2.24, 2.45) is 0 Å². The van der Waals surface area contributed by atoms with Gasteiger partial charge in [-0.3, -0.25) is 0 Å². The molecule has 1 aliphatic carbocycles. The molecule has 15 heavy (non-hydrogen) atoms. The van der Waals surface area contributed by atoms with E-state index in [0.717, 1.165) is 16.0 Å². The minimum absolute atomic E-state index is 0.729. The van der Waals surface area contributed by atoms with Crippen LogP contribution in [0.15, 0.2) is 33.4 Å². The number of hydrogen-bond acceptors (Lipinski definition) is 1. The topological polar surface area (TPSA) is 13.1 Å². The highest BCUT2D eigenvalue weighted by Gasteiger charge is 2.20. The molecule has 78 valence electrons. The Balaban J connectivity index is 2.11. The molecule has 1 nitrogen and oxygen atoms in total. The Morgan fingerprint density at radius 1 is 1.20 bits per heavy atom. The molecule has 0 aliphatic heterocycles. The molecule has 1 saturated carbocycles. The van der Waals surface area contributed by atoms with Gasteiger partial charge in [0, 0.05) is 15.4 Å². The molecule has 1 aromatic carbocycles. The van der Waals surface area contributed by atoms with Crippen LogP contribution in [0, 0.1) is 0 Å². The highest BCUT2D eigenvalue weighted by atomic mass is 79.9. The largest absolute Gasteiger partial charge is 0.464 e. The molecule has 0 saturated heterocycles. The van der Waals surface area contributed by atoms with E-state index in [9.17, 15) is 0 Å². The van der Waals surface area contributed by atoms with Crippen LogP contribution in [0.25, 0.3) is 11.0 Å². The second-order valence-corrected chi connectivity index (χ2v) is 5.23. The molecule has 1 aromatic heterocycles. The monoisotopic (exact) mass is 264 g/mol. The summed E-state index contributed by atoms with van der Waals surface area (Å²) in [5.41, 5.74) is 2.42. The van der Waals surface area contributed by atoms with Crippen molar-refractivity contribution in [2.45, 2.75) is 31.6 Å². The smallest absolute Gasteiger partial charge is 0.135 e. The molecule has 0 spiro atoms. The highest BCUT2D eigenvalue weighted by molar-refractivity contribution is 9.10. The fourth-order valence-electron chi connectivity index (χ4n) is 2.58. The Bertz CT molecular complexity index is 480. The average molecular weight is 265 g/mol. The molecule has 1 aliphatic rings. The van der Waals surface area contributed by atoms with Gasteiger partial charge >= 0.3 is 0 Å². The van der Waals surface area contributed by atoms with E-state index < -0.39 is 0 Å². The predicted octanol–water partition coefficient (Wildman–Crippen LogP) is 4.85. The zero-order valence-electron chi connectivity index (χ0n) is 8.50. The van der Waals surface area contributed by atoms with Crippen molar-refractivity contribution < 1.29 is 4.42 Å². The maximum Gasteiger partial charge on any atom is 0.135 e. The van der Waals surface area contributed by atoms with Crippen molar-refractivity contribution >= 4 is 26.9 Å². The van der Waals surface area contributed by atoms with Gasteiger partial charge < -0.3 is 4.42 Å². The minimum Gasteiger partial charge on any atom is -0.464 e. The summed E-state index contributed by atoms with van der Waals surface area (Å²) in [5, 5.41) is 1.30. The number of fused-ring (bicyclic) bond motifs is 1. The van der Waals surface area contributed by atoms with E-state index in [1.54, 1.807) is 0 Å². The number of benzene rings is 1. The van der Waals surface area contributed by atoms with E-state index in [4.69, 9.17) is 4.42 Å². The van der Waals surface area contributed by atoms with Gasteiger partial charge in [-0.1, -0.05) is 28.8 Å². The van der Waals surface area contributed by atoms with Gasteiger partial charge in [-0.15, -0.1) is 0 Å². The first-order valence-corrected chi connectivity index (χ1v) is 6.30. The van der Waals surface area contributed by atoms with Crippen LogP contribution in [-0.4, -0.2) is 0 Å². The number of hydrogen-bond donors (Lipinski definition) is 0. The Hall–Kier alpha value is -0.760. The van der Waals surface area contributed by atoms with Crippen molar-refractivity contribution in [1.82, 2.24) is 0 Å². The Morgan fingerprint density at radius 2 is 2.00 bits per heavy atom.